The normalized spacial score (nSPS) is 12.5. The van der Waals surface area contributed by atoms with Gasteiger partial charge in [0.15, 0.2) is 0 Å². The van der Waals surface area contributed by atoms with Crippen molar-refractivity contribution in [3.05, 3.63) is 28.2 Å². The monoisotopic (exact) mass is 271 g/mol. The average molecular weight is 272 g/mol. The van der Waals surface area contributed by atoms with E-state index in [1.165, 1.54) is 0 Å². The van der Waals surface area contributed by atoms with Gasteiger partial charge in [-0.25, -0.2) is 0 Å². The van der Waals surface area contributed by atoms with E-state index >= 15 is 0 Å². The predicted octanol–water partition coefficient (Wildman–Crippen LogP) is 3.48. The summed E-state index contributed by atoms with van der Waals surface area (Å²) in [6.45, 7) is 4.81. The second-order valence-electron chi connectivity index (χ2n) is 3.69. The molecule has 0 spiro atoms. The number of halogens is 1. The van der Waals surface area contributed by atoms with Gasteiger partial charge in [-0.1, -0.05) is 19.4 Å². The topological polar surface area (TPSA) is 35.2 Å². The molecule has 0 aliphatic rings. The van der Waals surface area contributed by atoms with Crippen LogP contribution >= 0.6 is 15.9 Å². The summed E-state index contributed by atoms with van der Waals surface area (Å²) in [6, 6.07) is 5.98. The van der Waals surface area contributed by atoms with Crippen molar-refractivity contribution in [3.8, 4) is 5.75 Å². The van der Waals surface area contributed by atoms with Gasteiger partial charge in [-0.15, -0.1) is 0 Å². The van der Waals surface area contributed by atoms with Gasteiger partial charge in [0.05, 0.1) is 10.6 Å². The summed E-state index contributed by atoms with van der Waals surface area (Å²) in [6.07, 6.45) is 2.47. The first-order valence-electron chi connectivity index (χ1n) is 5.32. The lowest BCUT2D eigenvalue weighted by atomic mass is 10.2. The Morgan fingerprint density at radius 2 is 2.20 bits per heavy atom. The van der Waals surface area contributed by atoms with Crippen molar-refractivity contribution in [1.82, 2.24) is 0 Å². The number of rotatable bonds is 5. The van der Waals surface area contributed by atoms with Crippen molar-refractivity contribution in [2.75, 3.05) is 0 Å². The Bertz CT molecular complexity index is 314. The highest BCUT2D eigenvalue weighted by Gasteiger charge is 2.06. The van der Waals surface area contributed by atoms with Crippen LogP contribution in [-0.2, 0) is 6.54 Å². The minimum Gasteiger partial charge on any atom is -0.490 e. The quantitative estimate of drug-likeness (QED) is 0.890. The third-order valence-electron chi connectivity index (χ3n) is 2.26. The molecule has 0 fully saturated rings. The molecule has 3 heteroatoms. The summed E-state index contributed by atoms with van der Waals surface area (Å²) >= 11 is 3.49. The first-order chi connectivity index (χ1) is 7.17. The maximum atomic E-state index is 5.80. The van der Waals surface area contributed by atoms with Crippen LogP contribution in [0.2, 0.25) is 0 Å². The Labute approximate surface area is 99.9 Å². The molecule has 0 radical (unpaired) electrons. The van der Waals surface area contributed by atoms with E-state index in [1.807, 2.05) is 18.2 Å². The molecule has 0 saturated heterocycles. The van der Waals surface area contributed by atoms with Gasteiger partial charge < -0.3 is 10.5 Å². The van der Waals surface area contributed by atoms with Gasteiger partial charge in [0.25, 0.3) is 0 Å². The van der Waals surface area contributed by atoms with E-state index in [0.29, 0.717) is 6.54 Å². The number of benzene rings is 1. The van der Waals surface area contributed by atoms with Gasteiger partial charge in [-0.3, -0.25) is 0 Å². The lowest BCUT2D eigenvalue weighted by molar-refractivity contribution is 0.208. The second kappa shape index (κ2) is 6.13. The summed E-state index contributed by atoms with van der Waals surface area (Å²) in [5.74, 6) is 0.896. The Morgan fingerprint density at radius 3 is 2.73 bits per heavy atom. The molecule has 0 aliphatic carbocycles. The van der Waals surface area contributed by atoms with Gasteiger partial charge in [0, 0.05) is 6.54 Å². The zero-order chi connectivity index (χ0) is 11.3. The molecule has 1 unspecified atom stereocenters. The molecule has 0 heterocycles. The molecule has 0 bridgehead atoms. The molecule has 84 valence electrons. The number of hydrogen-bond acceptors (Lipinski definition) is 2. The van der Waals surface area contributed by atoms with Gasteiger partial charge in [-0.05, 0) is 47.0 Å². The van der Waals surface area contributed by atoms with Crippen LogP contribution in [0.15, 0.2) is 22.7 Å². The molecule has 1 rings (SSSR count). The molecule has 0 amide bonds. The van der Waals surface area contributed by atoms with Crippen molar-refractivity contribution >= 4 is 15.9 Å². The zero-order valence-electron chi connectivity index (χ0n) is 9.29. The molecule has 0 saturated carbocycles. The van der Waals surface area contributed by atoms with Crippen LogP contribution < -0.4 is 10.5 Å². The molecule has 15 heavy (non-hydrogen) atoms. The van der Waals surface area contributed by atoms with Crippen molar-refractivity contribution in [1.29, 1.82) is 0 Å². The van der Waals surface area contributed by atoms with Crippen LogP contribution in [0.5, 0.6) is 5.75 Å². The van der Waals surface area contributed by atoms with Crippen LogP contribution in [0.25, 0.3) is 0 Å². The van der Waals surface area contributed by atoms with E-state index in [9.17, 15) is 0 Å². The SMILES string of the molecule is CCCC(C)Oc1ccc(CN)cc1Br. The van der Waals surface area contributed by atoms with Gasteiger partial charge in [0.2, 0.25) is 0 Å². The third-order valence-corrected chi connectivity index (χ3v) is 2.88. The Kier molecular flexibility index (Phi) is 5.12. The fraction of sp³-hybridized carbons (Fsp3) is 0.500. The summed E-state index contributed by atoms with van der Waals surface area (Å²) in [5, 5.41) is 0. The van der Waals surface area contributed by atoms with Crippen molar-refractivity contribution in [2.45, 2.75) is 39.3 Å². The predicted molar refractivity (Wildman–Crippen MR) is 67.0 cm³/mol. The highest BCUT2D eigenvalue weighted by Crippen LogP contribution is 2.27. The highest BCUT2D eigenvalue weighted by molar-refractivity contribution is 9.10. The smallest absolute Gasteiger partial charge is 0.133 e. The first-order valence-corrected chi connectivity index (χ1v) is 6.11. The molecular formula is C12H18BrNO. The van der Waals surface area contributed by atoms with Crippen molar-refractivity contribution < 1.29 is 4.74 Å². The largest absolute Gasteiger partial charge is 0.490 e. The van der Waals surface area contributed by atoms with E-state index in [4.69, 9.17) is 10.5 Å². The highest BCUT2D eigenvalue weighted by atomic mass is 79.9. The maximum Gasteiger partial charge on any atom is 0.133 e. The van der Waals surface area contributed by atoms with Crippen LogP contribution in [0.4, 0.5) is 0 Å². The minimum absolute atomic E-state index is 0.259. The molecule has 1 aromatic rings. The molecule has 1 aromatic carbocycles. The van der Waals surface area contributed by atoms with Crippen molar-refractivity contribution in [3.63, 3.8) is 0 Å². The third kappa shape index (κ3) is 3.84. The maximum absolute atomic E-state index is 5.80. The van der Waals surface area contributed by atoms with Crippen LogP contribution in [0.3, 0.4) is 0 Å². The zero-order valence-corrected chi connectivity index (χ0v) is 10.9. The Morgan fingerprint density at radius 1 is 1.47 bits per heavy atom. The number of ether oxygens (including phenoxy) is 1. The average Bonchev–Trinajstić information content (AvgIpc) is 2.21. The number of nitrogens with two attached hydrogens (primary N) is 1. The van der Waals surface area contributed by atoms with E-state index in [0.717, 1.165) is 28.6 Å². The van der Waals surface area contributed by atoms with Gasteiger partial charge in [0.1, 0.15) is 5.75 Å². The van der Waals surface area contributed by atoms with Crippen LogP contribution in [0.1, 0.15) is 32.3 Å². The molecule has 0 aromatic heterocycles. The van der Waals surface area contributed by atoms with Crippen molar-refractivity contribution in [2.24, 2.45) is 5.73 Å². The van der Waals surface area contributed by atoms with Crippen LogP contribution in [0, 0.1) is 0 Å². The lowest BCUT2D eigenvalue weighted by Crippen LogP contribution is -2.11. The molecule has 1 atom stereocenters. The molecular weight excluding hydrogens is 254 g/mol. The summed E-state index contributed by atoms with van der Waals surface area (Å²) in [4.78, 5) is 0. The van der Waals surface area contributed by atoms with Crippen LogP contribution in [-0.4, -0.2) is 6.10 Å². The van der Waals surface area contributed by atoms with Gasteiger partial charge in [-0.2, -0.15) is 0 Å². The second-order valence-corrected chi connectivity index (χ2v) is 4.54. The van der Waals surface area contributed by atoms with E-state index < -0.39 is 0 Å². The van der Waals surface area contributed by atoms with E-state index in [1.54, 1.807) is 0 Å². The summed E-state index contributed by atoms with van der Waals surface area (Å²) in [7, 11) is 0. The fourth-order valence-corrected chi connectivity index (χ4v) is 1.97. The molecule has 2 nitrogen and oxygen atoms in total. The lowest BCUT2D eigenvalue weighted by Gasteiger charge is -2.15. The van der Waals surface area contributed by atoms with Gasteiger partial charge >= 0.3 is 0 Å². The fourth-order valence-electron chi connectivity index (χ4n) is 1.45. The summed E-state index contributed by atoms with van der Waals surface area (Å²) in [5.41, 5.74) is 6.66. The Hall–Kier alpha value is -0.540. The minimum atomic E-state index is 0.259. The molecule has 0 aliphatic heterocycles. The summed E-state index contributed by atoms with van der Waals surface area (Å²) < 4.78 is 6.78. The van der Waals surface area contributed by atoms with E-state index in [2.05, 4.69) is 29.8 Å². The molecule has 2 N–H and O–H groups in total. The van der Waals surface area contributed by atoms with E-state index in [-0.39, 0.29) is 6.10 Å². The standard InChI is InChI=1S/C12H18BrNO/c1-3-4-9(2)15-12-6-5-10(8-14)7-11(12)13/h5-7,9H,3-4,8,14H2,1-2H3. The number of hydrogen-bond donors (Lipinski definition) is 1. The first kappa shape index (κ1) is 12.5. The Balaban J connectivity index is 2.69.